The van der Waals surface area contributed by atoms with Crippen LogP contribution in [0.25, 0.3) is 0 Å². The van der Waals surface area contributed by atoms with Gasteiger partial charge in [-0.3, -0.25) is 9.59 Å². The van der Waals surface area contributed by atoms with Crippen LogP contribution in [-0.4, -0.2) is 150 Å². The van der Waals surface area contributed by atoms with Gasteiger partial charge in [0.25, 0.3) is 11.8 Å². The van der Waals surface area contributed by atoms with Gasteiger partial charge in [0.2, 0.25) is 0 Å². The maximum Gasteiger partial charge on any atom is 0.255 e. The molecule has 0 spiro atoms. The second-order valence-corrected chi connectivity index (χ2v) is 15.7. The van der Waals surface area contributed by atoms with E-state index in [2.05, 4.69) is 19.6 Å². The lowest BCUT2D eigenvalue weighted by Crippen LogP contribution is -2.35. The average Bonchev–Trinajstić information content (AvgIpc) is 2.97. The molecule has 2 aromatic rings. The first-order valence-electron chi connectivity index (χ1n) is 15.9. The zero-order chi connectivity index (χ0) is 34.2. The van der Waals surface area contributed by atoms with E-state index in [1.165, 1.54) is 21.6 Å². The molecule has 0 saturated carbocycles. The van der Waals surface area contributed by atoms with E-state index >= 15 is 0 Å². The molecule has 0 heterocycles. The van der Waals surface area contributed by atoms with E-state index in [0.29, 0.717) is 47.4 Å². The lowest BCUT2D eigenvalue weighted by atomic mass is 10.1. The zero-order valence-electron chi connectivity index (χ0n) is 29.0. The number of carbonyl (C=O) groups excluding carboxylic acids is 2. The van der Waals surface area contributed by atoms with Crippen LogP contribution in [0, 0.1) is 0 Å². The van der Waals surface area contributed by atoms with E-state index in [9.17, 15) is 9.59 Å². The van der Waals surface area contributed by atoms with Crippen LogP contribution >= 0.6 is 44.8 Å². The minimum Gasteiger partial charge on any atom is -0.339 e. The van der Waals surface area contributed by atoms with Gasteiger partial charge < -0.3 is 29.4 Å². The fourth-order valence-electron chi connectivity index (χ4n) is 4.86. The third-order valence-corrected chi connectivity index (χ3v) is 10.2. The molecule has 0 aliphatic heterocycles. The molecule has 0 unspecified atom stereocenters. The Hall–Kier alpha value is -1.50. The highest BCUT2D eigenvalue weighted by Gasteiger charge is 2.23. The Morgan fingerprint density at radius 3 is 1.04 bits per heavy atom. The van der Waals surface area contributed by atoms with E-state index in [1.807, 2.05) is 90.4 Å². The molecule has 46 heavy (non-hydrogen) atoms. The molecule has 0 radical (unpaired) electrons. The van der Waals surface area contributed by atoms with Crippen molar-refractivity contribution in [3.05, 3.63) is 57.6 Å². The maximum atomic E-state index is 14.0. The molecule has 12 heteroatoms. The Morgan fingerprint density at radius 1 is 0.500 bits per heavy atom. The van der Waals surface area contributed by atoms with Crippen molar-refractivity contribution in [1.29, 1.82) is 0 Å². The first kappa shape index (κ1) is 40.7. The van der Waals surface area contributed by atoms with Crippen LogP contribution in [-0.2, 0) is 0 Å². The van der Waals surface area contributed by atoms with Gasteiger partial charge in [0.15, 0.2) is 0 Å². The Kier molecular flexibility index (Phi) is 19.0. The molecule has 0 saturated heterocycles. The fourth-order valence-corrected chi connectivity index (χ4v) is 7.71. The van der Waals surface area contributed by atoms with E-state index < -0.39 is 0 Å². The van der Waals surface area contributed by atoms with Gasteiger partial charge in [-0.15, -0.1) is 0 Å². The minimum absolute atomic E-state index is 0.00682. The molecular formula is C34H54Cl2N6O2S2. The molecule has 0 aliphatic carbocycles. The summed E-state index contributed by atoms with van der Waals surface area (Å²) >= 11 is 12.9. The Balaban J connectivity index is 2.33. The van der Waals surface area contributed by atoms with Gasteiger partial charge in [0, 0.05) is 46.0 Å². The minimum atomic E-state index is -0.00682. The van der Waals surface area contributed by atoms with Gasteiger partial charge in [-0.05, 0) is 145 Å². The van der Waals surface area contributed by atoms with Crippen LogP contribution in [0.2, 0.25) is 10.0 Å². The summed E-state index contributed by atoms with van der Waals surface area (Å²) in [7, 11) is 19.3. The van der Waals surface area contributed by atoms with E-state index in [0.717, 1.165) is 61.7 Å². The third kappa shape index (κ3) is 15.2. The molecule has 8 nitrogen and oxygen atoms in total. The van der Waals surface area contributed by atoms with Gasteiger partial charge in [-0.1, -0.05) is 44.8 Å². The quantitative estimate of drug-likeness (QED) is 0.136. The van der Waals surface area contributed by atoms with Crippen LogP contribution in [0.5, 0.6) is 0 Å². The van der Waals surface area contributed by atoms with Gasteiger partial charge >= 0.3 is 0 Å². The first-order chi connectivity index (χ1) is 21.8. The summed E-state index contributed by atoms with van der Waals surface area (Å²) in [5, 5.41) is 1.11. The second-order valence-electron chi connectivity index (χ2n) is 12.7. The molecule has 0 aromatic heterocycles. The largest absolute Gasteiger partial charge is 0.339 e. The Morgan fingerprint density at radius 2 is 0.783 bits per heavy atom. The Labute approximate surface area is 296 Å². The second kappa shape index (κ2) is 21.5. The highest BCUT2D eigenvalue weighted by Crippen LogP contribution is 2.43. The van der Waals surface area contributed by atoms with E-state index in [-0.39, 0.29) is 11.8 Å². The normalized spacial score (nSPS) is 11.7. The topological polar surface area (TPSA) is 53.6 Å². The predicted molar refractivity (Wildman–Crippen MR) is 199 cm³/mol. The summed E-state index contributed by atoms with van der Waals surface area (Å²) in [6, 6.07) is 10.9. The molecule has 2 rings (SSSR count). The smallest absolute Gasteiger partial charge is 0.255 e. The third-order valence-electron chi connectivity index (χ3n) is 7.28. The van der Waals surface area contributed by atoms with Crippen molar-refractivity contribution in [2.45, 2.75) is 35.5 Å². The summed E-state index contributed by atoms with van der Waals surface area (Å²) in [5.74, 6) is -0.0136. The molecular weight excluding hydrogens is 659 g/mol. The number of hydrogen-bond donors (Lipinski definition) is 0. The van der Waals surface area contributed by atoms with Crippen molar-refractivity contribution in [3.8, 4) is 0 Å². The number of carbonyl (C=O) groups is 2. The van der Waals surface area contributed by atoms with Gasteiger partial charge in [-0.25, -0.2) is 0 Å². The predicted octanol–water partition coefficient (Wildman–Crippen LogP) is 6.48. The monoisotopic (exact) mass is 712 g/mol. The lowest BCUT2D eigenvalue weighted by Gasteiger charge is -2.26. The molecule has 0 N–H and O–H groups in total. The van der Waals surface area contributed by atoms with Crippen molar-refractivity contribution in [1.82, 2.24) is 29.4 Å². The van der Waals surface area contributed by atoms with Crippen molar-refractivity contribution in [2.75, 3.05) is 109 Å². The van der Waals surface area contributed by atoms with Crippen LogP contribution < -0.4 is 0 Å². The molecule has 0 bridgehead atoms. The van der Waals surface area contributed by atoms with Crippen LogP contribution in [0.1, 0.15) is 46.4 Å². The molecule has 0 fully saturated rings. The summed E-state index contributed by atoms with van der Waals surface area (Å²) in [5.41, 5.74) is 1.22. The van der Waals surface area contributed by atoms with Crippen molar-refractivity contribution in [2.24, 2.45) is 0 Å². The van der Waals surface area contributed by atoms with Crippen molar-refractivity contribution in [3.63, 3.8) is 0 Å². The number of rotatable bonds is 21. The van der Waals surface area contributed by atoms with E-state index in [4.69, 9.17) is 23.2 Å². The summed E-state index contributed by atoms with van der Waals surface area (Å²) in [4.78, 5) is 42.0. The lowest BCUT2D eigenvalue weighted by molar-refractivity contribution is 0.0734. The van der Waals surface area contributed by atoms with Gasteiger partial charge in [0.05, 0.1) is 11.1 Å². The average molecular weight is 714 g/mol. The van der Waals surface area contributed by atoms with Crippen LogP contribution in [0.3, 0.4) is 0 Å². The van der Waals surface area contributed by atoms with Crippen molar-refractivity contribution >= 4 is 56.6 Å². The number of benzene rings is 2. The zero-order valence-corrected chi connectivity index (χ0v) is 32.2. The number of amides is 2. The van der Waals surface area contributed by atoms with Gasteiger partial charge in [-0.2, -0.15) is 0 Å². The van der Waals surface area contributed by atoms with Gasteiger partial charge in [0.1, 0.15) is 0 Å². The summed E-state index contributed by atoms with van der Waals surface area (Å²) in [6.07, 6.45) is 3.55. The van der Waals surface area contributed by atoms with Crippen LogP contribution in [0.15, 0.2) is 46.2 Å². The summed E-state index contributed by atoms with van der Waals surface area (Å²) < 4.78 is 0. The molecule has 0 aliphatic rings. The Bertz CT molecular complexity index is 1110. The van der Waals surface area contributed by atoms with Crippen LogP contribution in [0.4, 0.5) is 0 Å². The number of hydrogen-bond acceptors (Lipinski definition) is 8. The molecule has 258 valence electrons. The summed E-state index contributed by atoms with van der Waals surface area (Å²) in [6.45, 7) is 6.32. The molecule has 2 aromatic carbocycles. The number of nitrogens with zero attached hydrogens (tertiary/aromatic N) is 6. The molecule has 2 amide bonds. The number of halogens is 2. The maximum absolute atomic E-state index is 14.0. The van der Waals surface area contributed by atoms with Crippen molar-refractivity contribution < 1.29 is 9.59 Å². The van der Waals surface area contributed by atoms with E-state index in [1.54, 1.807) is 12.1 Å². The SMILES string of the molecule is CN(C)CCCN(CCCN(C)C)C(=O)c1ccc(Cl)cc1SSc1cc(Cl)ccc1C(=O)N(CCCN(C)C)CCCN(C)C. The fraction of sp³-hybridized carbons (Fsp3) is 0.588. The highest BCUT2D eigenvalue weighted by atomic mass is 35.5. The molecule has 0 atom stereocenters. The highest BCUT2D eigenvalue weighted by molar-refractivity contribution is 8.76. The first-order valence-corrected chi connectivity index (χ1v) is 18.8. The standard InChI is InChI=1S/C34H54Cl2N6O2S2/c1-37(2)17-9-21-41(22-10-18-38(3)4)33(43)29-15-13-27(35)25-31(29)45-46-32-26-28(36)14-16-30(32)34(44)42(23-11-19-39(5)6)24-12-20-40(7)8/h13-16,25-26H,9-12,17-24H2,1-8H3.